The highest BCUT2D eigenvalue weighted by Gasteiger charge is 2.24. The van der Waals surface area contributed by atoms with Crippen LogP contribution in [0, 0.1) is 12.7 Å². The molecule has 4 rings (SSSR count). The van der Waals surface area contributed by atoms with Crippen molar-refractivity contribution in [3.05, 3.63) is 62.3 Å². The van der Waals surface area contributed by atoms with Gasteiger partial charge in [0.1, 0.15) is 16.4 Å². The molecule has 0 unspecified atom stereocenters. The Labute approximate surface area is 158 Å². The van der Waals surface area contributed by atoms with Crippen molar-refractivity contribution in [3.8, 4) is 0 Å². The molecule has 27 heavy (non-hydrogen) atoms. The maximum absolute atomic E-state index is 13.1. The minimum absolute atomic E-state index is 0.0966. The third kappa shape index (κ3) is 3.47. The van der Waals surface area contributed by atoms with Gasteiger partial charge in [0.05, 0.1) is 18.9 Å². The van der Waals surface area contributed by atoms with Gasteiger partial charge in [-0.05, 0) is 24.6 Å². The third-order valence-corrected chi connectivity index (χ3v) is 5.58. The highest BCUT2D eigenvalue weighted by atomic mass is 32.1. The van der Waals surface area contributed by atoms with Crippen molar-refractivity contribution in [1.82, 2.24) is 19.5 Å². The minimum Gasteiger partial charge on any atom is -0.378 e. The molecule has 3 aromatic rings. The monoisotopic (exact) mass is 388 g/mol. The summed E-state index contributed by atoms with van der Waals surface area (Å²) in [5.74, 6) is -0.433. The topological polar surface area (TPSA) is 76.8 Å². The molecule has 2 aromatic heterocycles. The van der Waals surface area contributed by atoms with Gasteiger partial charge < -0.3 is 9.64 Å². The quantitative estimate of drug-likeness (QED) is 0.682. The van der Waals surface area contributed by atoms with E-state index in [-0.39, 0.29) is 23.8 Å². The minimum atomic E-state index is -0.439. The van der Waals surface area contributed by atoms with E-state index < -0.39 is 5.56 Å². The fourth-order valence-corrected chi connectivity index (χ4v) is 3.99. The van der Waals surface area contributed by atoms with E-state index in [0.717, 1.165) is 16.9 Å². The molecule has 1 fully saturated rings. The largest absolute Gasteiger partial charge is 0.378 e. The Hall–Kier alpha value is -2.65. The summed E-state index contributed by atoms with van der Waals surface area (Å²) in [5, 5.41) is 4.40. The van der Waals surface area contributed by atoms with Gasteiger partial charge in [-0.3, -0.25) is 9.59 Å². The molecule has 0 saturated carbocycles. The van der Waals surface area contributed by atoms with Gasteiger partial charge in [-0.1, -0.05) is 23.5 Å². The molecule has 1 saturated heterocycles. The Morgan fingerprint density at radius 2 is 1.96 bits per heavy atom. The van der Waals surface area contributed by atoms with Crippen LogP contribution in [0.3, 0.4) is 0 Å². The predicted octanol–water partition coefficient (Wildman–Crippen LogP) is 1.66. The number of ether oxygens (including phenoxy) is 1. The van der Waals surface area contributed by atoms with Crippen molar-refractivity contribution in [2.24, 2.45) is 0 Å². The van der Waals surface area contributed by atoms with E-state index in [4.69, 9.17) is 4.74 Å². The van der Waals surface area contributed by atoms with Crippen molar-refractivity contribution in [2.75, 3.05) is 26.3 Å². The number of aryl methyl sites for hydroxylation is 1. The number of halogens is 1. The molecule has 0 N–H and O–H groups in total. The summed E-state index contributed by atoms with van der Waals surface area (Å²) in [6.07, 6.45) is 0.247. The molecule has 1 aliphatic heterocycles. The van der Waals surface area contributed by atoms with Crippen LogP contribution in [-0.2, 0) is 11.2 Å². The summed E-state index contributed by atoms with van der Waals surface area (Å²) in [5.41, 5.74) is 1.23. The first kappa shape index (κ1) is 17.7. The number of fused-ring (bicyclic) bond motifs is 1. The number of amides is 1. The SMILES string of the molecule is Cc1c(C(=O)N2CCOCC2)sc2nc(=O)c(Cc3ccc(F)cc3)nn12. The Balaban J connectivity index is 1.69. The summed E-state index contributed by atoms with van der Waals surface area (Å²) in [7, 11) is 0. The van der Waals surface area contributed by atoms with Gasteiger partial charge in [0.25, 0.3) is 11.5 Å². The number of carbonyl (C=O) groups excluding carboxylic acids is 1. The van der Waals surface area contributed by atoms with Crippen LogP contribution in [0.2, 0.25) is 0 Å². The highest BCUT2D eigenvalue weighted by molar-refractivity contribution is 7.19. The number of rotatable bonds is 3. The second-order valence-electron chi connectivity index (χ2n) is 6.28. The molecular weight excluding hydrogens is 371 g/mol. The molecule has 0 aliphatic carbocycles. The number of hydrogen-bond acceptors (Lipinski definition) is 6. The van der Waals surface area contributed by atoms with Gasteiger partial charge in [0, 0.05) is 19.5 Å². The molecule has 0 radical (unpaired) electrons. The fraction of sp³-hybridized carbons (Fsp3) is 0.333. The lowest BCUT2D eigenvalue weighted by molar-refractivity contribution is 0.0305. The lowest BCUT2D eigenvalue weighted by Gasteiger charge is -2.26. The molecule has 0 atom stereocenters. The maximum Gasteiger partial charge on any atom is 0.296 e. The Morgan fingerprint density at radius 1 is 1.26 bits per heavy atom. The van der Waals surface area contributed by atoms with Gasteiger partial charge in [0.15, 0.2) is 0 Å². The van der Waals surface area contributed by atoms with Crippen molar-refractivity contribution in [2.45, 2.75) is 13.3 Å². The Kier molecular flexibility index (Phi) is 4.71. The zero-order valence-corrected chi connectivity index (χ0v) is 15.5. The van der Waals surface area contributed by atoms with Gasteiger partial charge >= 0.3 is 0 Å². The summed E-state index contributed by atoms with van der Waals surface area (Å²) < 4.78 is 19.9. The summed E-state index contributed by atoms with van der Waals surface area (Å²) in [4.78, 5) is 31.8. The van der Waals surface area contributed by atoms with Crippen LogP contribution in [0.15, 0.2) is 29.1 Å². The van der Waals surface area contributed by atoms with Crippen LogP contribution in [0.25, 0.3) is 4.96 Å². The number of benzene rings is 1. The van der Waals surface area contributed by atoms with E-state index in [1.165, 1.54) is 12.1 Å². The van der Waals surface area contributed by atoms with Crippen molar-refractivity contribution < 1.29 is 13.9 Å². The predicted molar refractivity (Wildman–Crippen MR) is 97.8 cm³/mol. The first-order valence-corrected chi connectivity index (χ1v) is 9.35. The van der Waals surface area contributed by atoms with Crippen molar-refractivity contribution in [1.29, 1.82) is 0 Å². The van der Waals surface area contributed by atoms with Gasteiger partial charge in [0.2, 0.25) is 4.96 Å². The Bertz CT molecular complexity index is 1050. The van der Waals surface area contributed by atoms with E-state index in [9.17, 15) is 14.0 Å². The number of thiazole rings is 1. The van der Waals surface area contributed by atoms with Crippen LogP contribution < -0.4 is 5.56 Å². The number of aromatic nitrogens is 3. The van der Waals surface area contributed by atoms with Crippen molar-refractivity contribution in [3.63, 3.8) is 0 Å². The lowest BCUT2D eigenvalue weighted by Crippen LogP contribution is -2.40. The van der Waals surface area contributed by atoms with Gasteiger partial charge in [-0.2, -0.15) is 10.1 Å². The average molecular weight is 388 g/mol. The normalized spacial score (nSPS) is 14.7. The van der Waals surface area contributed by atoms with Crippen molar-refractivity contribution >= 4 is 22.2 Å². The molecule has 7 nitrogen and oxygen atoms in total. The smallest absolute Gasteiger partial charge is 0.296 e. The van der Waals surface area contributed by atoms with E-state index >= 15 is 0 Å². The molecular formula is C18H17FN4O3S. The molecule has 1 aromatic carbocycles. The standard InChI is InChI=1S/C18H17FN4O3S/c1-11-15(17(25)22-6-8-26-9-7-22)27-18-20-16(24)14(21-23(11)18)10-12-2-4-13(19)5-3-12/h2-5H,6-10H2,1H3. The van der Waals surface area contributed by atoms with Crippen LogP contribution in [0.4, 0.5) is 4.39 Å². The maximum atomic E-state index is 13.1. The van der Waals surface area contributed by atoms with Gasteiger partial charge in [-0.15, -0.1) is 0 Å². The van der Waals surface area contributed by atoms with E-state index in [1.807, 2.05) is 0 Å². The molecule has 3 heterocycles. The zero-order valence-electron chi connectivity index (χ0n) is 14.6. The Morgan fingerprint density at radius 3 is 2.67 bits per heavy atom. The first-order valence-electron chi connectivity index (χ1n) is 8.54. The van der Waals surface area contributed by atoms with E-state index in [1.54, 1.807) is 28.5 Å². The number of carbonyl (C=O) groups is 1. The lowest BCUT2D eigenvalue weighted by atomic mass is 10.1. The van der Waals surface area contributed by atoms with Gasteiger partial charge in [-0.25, -0.2) is 8.91 Å². The molecule has 9 heteroatoms. The summed E-state index contributed by atoms with van der Waals surface area (Å²) in [6, 6.07) is 5.90. The van der Waals surface area contributed by atoms with Crippen LogP contribution in [-0.4, -0.2) is 51.7 Å². The molecule has 140 valence electrons. The fourth-order valence-electron chi connectivity index (χ4n) is 2.97. The molecule has 0 spiro atoms. The third-order valence-electron chi connectivity index (χ3n) is 4.46. The second-order valence-corrected chi connectivity index (χ2v) is 7.26. The molecule has 0 bridgehead atoms. The second kappa shape index (κ2) is 7.16. The molecule has 1 amide bonds. The number of nitrogens with zero attached hydrogens (tertiary/aromatic N) is 4. The van der Waals surface area contributed by atoms with E-state index in [2.05, 4.69) is 10.1 Å². The highest BCUT2D eigenvalue weighted by Crippen LogP contribution is 2.22. The van der Waals surface area contributed by atoms with E-state index in [0.29, 0.717) is 41.8 Å². The summed E-state index contributed by atoms with van der Waals surface area (Å²) in [6.45, 7) is 3.91. The molecule has 1 aliphatic rings. The van der Waals surface area contributed by atoms with Crippen LogP contribution in [0.5, 0.6) is 0 Å². The van der Waals surface area contributed by atoms with Crippen LogP contribution >= 0.6 is 11.3 Å². The number of morpholine rings is 1. The first-order chi connectivity index (χ1) is 13.0. The zero-order chi connectivity index (χ0) is 19.0. The van der Waals surface area contributed by atoms with Crippen LogP contribution in [0.1, 0.15) is 26.6 Å². The summed E-state index contributed by atoms with van der Waals surface area (Å²) >= 11 is 1.16. The average Bonchev–Trinajstić information content (AvgIpc) is 2.99. The number of hydrogen-bond donors (Lipinski definition) is 0.